The van der Waals surface area contributed by atoms with Crippen molar-refractivity contribution in [1.82, 2.24) is 0 Å². The number of aliphatic hydroxyl groups is 3. The summed E-state index contributed by atoms with van der Waals surface area (Å²) in [7, 11) is 0. The van der Waals surface area contributed by atoms with E-state index in [0.717, 1.165) is 5.69 Å². The number of nitrogens with zero attached hydrogens (tertiary/aromatic N) is 1. The molecule has 116 valence electrons. The van der Waals surface area contributed by atoms with Crippen LogP contribution in [0.15, 0.2) is 24.0 Å². The zero-order valence-electron chi connectivity index (χ0n) is 11.8. The topological polar surface area (TPSA) is 101 Å². The van der Waals surface area contributed by atoms with Gasteiger partial charge in [-0.2, -0.15) is 0 Å². The lowest BCUT2D eigenvalue weighted by Crippen LogP contribution is -2.26. The quantitative estimate of drug-likeness (QED) is 0.309. The first-order chi connectivity index (χ1) is 10.1. The number of carbonyl (C=O) groups excluding carboxylic acids is 1. The van der Waals surface area contributed by atoms with Gasteiger partial charge in [0, 0.05) is 43.6 Å². The highest BCUT2D eigenvalue weighted by Crippen LogP contribution is 2.26. The van der Waals surface area contributed by atoms with Gasteiger partial charge in [-0.25, -0.2) is 0 Å². The van der Waals surface area contributed by atoms with Crippen LogP contribution in [-0.4, -0.2) is 53.0 Å². The van der Waals surface area contributed by atoms with E-state index in [0.29, 0.717) is 37.8 Å². The molecule has 0 saturated heterocycles. The molecule has 0 bridgehead atoms. The van der Waals surface area contributed by atoms with Gasteiger partial charge < -0.3 is 25.3 Å². The molecule has 6 nitrogen and oxygen atoms in total. The minimum atomic E-state index is -0.463. The lowest BCUT2D eigenvalue weighted by molar-refractivity contribution is -0.106. The fourth-order valence-electron chi connectivity index (χ4n) is 1.94. The predicted octanol–water partition coefficient (Wildman–Crippen LogP) is 1.06. The van der Waals surface area contributed by atoms with Gasteiger partial charge in [-0.3, -0.25) is 4.79 Å². The van der Waals surface area contributed by atoms with Crippen molar-refractivity contribution < 1.29 is 25.2 Å². The Bertz CT molecular complexity index is 479. The highest BCUT2D eigenvalue weighted by atomic mass is 16.3. The lowest BCUT2D eigenvalue weighted by atomic mass is 10.1. The number of allylic oxidation sites excluding steroid dienone is 1. The van der Waals surface area contributed by atoms with Crippen LogP contribution in [0, 0.1) is 0 Å². The fourth-order valence-corrected chi connectivity index (χ4v) is 1.94. The number of aldehydes is 1. The van der Waals surface area contributed by atoms with E-state index in [4.69, 9.17) is 15.3 Å². The Balaban J connectivity index is 2.94. The molecule has 0 aliphatic carbocycles. The third kappa shape index (κ3) is 5.45. The number of aromatic hydroxyl groups is 1. The normalized spacial score (nSPS) is 11.4. The average Bonchev–Trinajstić information content (AvgIpc) is 2.49. The highest BCUT2D eigenvalue weighted by Gasteiger charge is 2.09. The van der Waals surface area contributed by atoms with Gasteiger partial charge in [0.25, 0.3) is 0 Å². The molecular weight excluding hydrogens is 274 g/mol. The van der Waals surface area contributed by atoms with E-state index in [1.165, 1.54) is 12.1 Å². The summed E-state index contributed by atoms with van der Waals surface area (Å²) in [5.74, 6) is -0.519. The zero-order valence-corrected chi connectivity index (χ0v) is 11.8. The summed E-state index contributed by atoms with van der Waals surface area (Å²) in [5.41, 5.74) is 1.09. The minimum absolute atomic E-state index is 0.0566. The zero-order chi connectivity index (χ0) is 15.7. The molecule has 0 atom stereocenters. The van der Waals surface area contributed by atoms with Crippen molar-refractivity contribution in [1.29, 1.82) is 0 Å². The molecule has 1 rings (SSSR count). The van der Waals surface area contributed by atoms with Gasteiger partial charge in [-0.1, -0.05) is 0 Å². The molecule has 0 aliphatic heterocycles. The van der Waals surface area contributed by atoms with Gasteiger partial charge in [0.15, 0.2) is 12.0 Å². The van der Waals surface area contributed by atoms with E-state index in [1.54, 1.807) is 12.1 Å². The third-order valence-corrected chi connectivity index (χ3v) is 2.98. The summed E-state index contributed by atoms with van der Waals surface area (Å²) in [6, 6.07) is 4.87. The molecule has 0 heterocycles. The van der Waals surface area contributed by atoms with Gasteiger partial charge in [-0.05, 0) is 31.1 Å². The van der Waals surface area contributed by atoms with Crippen LogP contribution in [0.4, 0.5) is 5.69 Å². The lowest BCUT2D eigenvalue weighted by Gasteiger charge is -2.24. The molecule has 1 aromatic carbocycles. The Labute approximate surface area is 123 Å². The Morgan fingerprint density at radius 2 is 1.76 bits per heavy atom. The second-order valence-corrected chi connectivity index (χ2v) is 4.57. The van der Waals surface area contributed by atoms with Crippen LogP contribution in [-0.2, 0) is 4.79 Å². The SMILES string of the molecule is O=C/C(O)=C\c1ccc(N(CCCO)CCCO)cc1O. The van der Waals surface area contributed by atoms with Crippen molar-refractivity contribution >= 4 is 18.0 Å². The fraction of sp³-hybridized carbons (Fsp3) is 0.400. The van der Waals surface area contributed by atoms with Crippen LogP contribution in [0.25, 0.3) is 6.08 Å². The van der Waals surface area contributed by atoms with Gasteiger partial charge in [0.05, 0.1) is 0 Å². The van der Waals surface area contributed by atoms with E-state index >= 15 is 0 Å². The first-order valence-electron chi connectivity index (χ1n) is 6.78. The van der Waals surface area contributed by atoms with Crippen molar-refractivity contribution in [2.75, 3.05) is 31.2 Å². The van der Waals surface area contributed by atoms with E-state index in [1.807, 2.05) is 4.90 Å². The summed E-state index contributed by atoms with van der Waals surface area (Å²) in [6.07, 6.45) is 2.64. The molecule has 0 amide bonds. The highest BCUT2D eigenvalue weighted by molar-refractivity contribution is 5.80. The molecule has 0 fully saturated rings. The summed E-state index contributed by atoms with van der Waals surface area (Å²) >= 11 is 0. The maximum absolute atomic E-state index is 10.4. The minimum Gasteiger partial charge on any atom is -0.507 e. The molecular formula is C15H21NO5. The second-order valence-electron chi connectivity index (χ2n) is 4.57. The first kappa shape index (κ1) is 17.0. The Hall–Kier alpha value is -2.05. The molecule has 6 heteroatoms. The Morgan fingerprint density at radius 3 is 2.24 bits per heavy atom. The van der Waals surface area contributed by atoms with E-state index in [2.05, 4.69) is 0 Å². The number of phenolic OH excluding ortho intramolecular Hbond substituents is 1. The molecule has 1 aromatic rings. The number of phenols is 1. The van der Waals surface area contributed by atoms with Crippen molar-refractivity contribution in [2.45, 2.75) is 12.8 Å². The first-order valence-corrected chi connectivity index (χ1v) is 6.78. The predicted molar refractivity (Wildman–Crippen MR) is 80.4 cm³/mol. The van der Waals surface area contributed by atoms with Crippen LogP contribution in [0.5, 0.6) is 5.75 Å². The number of anilines is 1. The summed E-state index contributed by atoms with van der Waals surface area (Å²) in [4.78, 5) is 12.3. The maximum Gasteiger partial charge on any atom is 0.184 e. The van der Waals surface area contributed by atoms with Crippen molar-refractivity contribution in [3.05, 3.63) is 29.5 Å². The molecule has 4 N–H and O–H groups in total. The largest absolute Gasteiger partial charge is 0.507 e. The van der Waals surface area contributed by atoms with E-state index < -0.39 is 5.76 Å². The van der Waals surface area contributed by atoms with Gasteiger partial charge >= 0.3 is 0 Å². The van der Waals surface area contributed by atoms with Crippen LogP contribution < -0.4 is 4.90 Å². The van der Waals surface area contributed by atoms with Crippen LogP contribution in [0.1, 0.15) is 18.4 Å². The van der Waals surface area contributed by atoms with E-state index in [-0.39, 0.29) is 19.0 Å². The van der Waals surface area contributed by atoms with Gasteiger partial charge in [0.1, 0.15) is 5.75 Å². The third-order valence-electron chi connectivity index (χ3n) is 2.98. The van der Waals surface area contributed by atoms with Gasteiger partial charge in [-0.15, -0.1) is 0 Å². The van der Waals surface area contributed by atoms with E-state index in [9.17, 15) is 9.90 Å². The number of aliphatic hydroxyl groups excluding tert-OH is 3. The Kier molecular flexibility index (Phi) is 7.28. The molecule has 0 aliphatic rings. The van der Waals surface area contributed by atoms with Crippen molar-refractivity contribution in [3.63, 3.8) is 0 Å². The van der Waals surface area contributed by atoms with Crippen molar-refractivity contribution in [2.24, 2.45) is 0 Å². The summed E-state index contributed by atoms with van der Waals surface area (Å²) in [5, 5.41) is 36.9. The number of benzene rings is 1. The molecule has 0 radical (unpaired) electrons. The van der Waals surface area contributed by atoms with Crippen LogP contribution in [0.2, 0.25) is 0 Å². The monoisotopic (exact) mass is 295 g/mol. The van der Waals surface area contributed by atoms with Gasteiger partial charge in [0.2, 0.25) is 0 Å². The number of hydrogen-bond acceptors (Lipinski definition) is 6. The number of hydrogen-bond donors (Lipinski definition) is 4. The smallest absolute Gasteiger partial charge is 0.184 e. The number of carbonyl (C=O) groups is 1. The molecule has 0 aromatic heterocycles. The van der Waals surface area contributed by atoms with Crippen molar-refractivity contribution in [3.8, 4) is 5.75 Å². The summed E-state index contributed by atoms with van der Waals surface area (Å²) < 4.78 is 0. The standard InChI is InChI=1S/C15H21NO5/c17-7-1-5-16(6-2-8-18)13-4-3-12(15(21)10-13)9-14(20)11-19/h3-4,9-11,17-18,20-21H,1-2,5-8H2/b14-9+. The molecule has 0 saturated carbocycles. The Morgan fingerprint density at radius 1 is 1.14 bits per heavy atom. The summed E-state index contributed by atoms with van der Waals surface area (Å²) in [6.45, 7) is 1.33. The van der Waals surface area contributed by atoms with Crippen LogP contribution >= 0.6 is 0 Å². The number of rotatable bonds is 9. The van der Waals surface area contributed by atoms with Crippen LogP contribution in [0.3, 0.4) is 0 Å². The average molecular weight is 295 g/mol. The molecule has 0 spiro atoms. The maximum atomic E-state index is 10.4. The molecule has 0 unspecified atom stereocenters. The molecule has 21 heavy (non-hydrogen) atoms. The second kappa shape index (κ2) is 8.99.